The van der Waals surface area contributed by atoms with Crippen LogP contribution in [-0.4, -0.2) is 30.0 Å². The van der Waals surface area contributed by atoms with Crippen molar-refractivity contribution in [3.8, 4) is 17.2 Å². The Morgan fingerprint density at radius 3 is 2.42 bits per heavy atom. The van der Waals surface area contributed by atoms with Crippen molar-refractivity contribution in [3.05, 3.63) is 58.5 Å². The van der Waals surface area contributed by atoms with E-state index in [9.17, 15) is 4.79 Å². The molecule has 0 aromatic heterocycles. The maximum Gasteiger partial charge on any atom is 0.263 e. The summed E-state index contributed by atoms with van der Waals surface area (Å²) in [5.41, 5.74) is 2.16. The van der Waals surface area contributed by atoms with Gasteiger partial charge in [-0.2, -0.15) is 0 Å². The topological polar surface area (TPSA) is 56.8 Å². The van der Waals surface area contributed by atoms with E-state index in [1.54, 1.807) is 6.08 Å². The van der Waals surface area contributed by atoms with Gasteiger partial charge in [0, 0.05) is 0 Å². The zero-order chi connectivity index (χ0) is 22.2. The highest BCUT2D eigenvalue weighted by Crippen LogP contribution is 2.32. The molecule has 0 aliphatic carbocycles. The molecule has 1 fully saturated rings. The molecule has 0 unspecified atom stereocenters. The monoisotopic (exact) mass is 457 g/mol. The second-order valence-electron chi connectivity index (χ2n) is 7.07. The summed E-state index contributed by atoms with van der Waals surface area (Å²) in [6.45, 7) is 7.65. The van der Waals surface area contributed by atoms with E-state index in [0.717, 1.165) is 17.7 Å². The summed E-state index contributed by atoms with van der Waals surface area (Å²) in [5, 5.41) is 2.61. The van der Waals surface area contributed by atoms with E-state index in [1.165, 1.54) is 17.3 Å². The van der Waals surface area contributed by atoms with Crippen LogP contribution in [0.5, 0.6) is 17.2 Å². The van der Waals surface area contributed by atoms with Crippen LogP contribution in [0.3, 0.4) is 0 Å². The van der Waals surface area contributed by atoms with Crippen molar-refractivity contribution in [2.24, 2.45) is 0 Å². The lowest BCUT2D eigenvalue weighted by atomic mass is 9.99. The highest BCUT2D eigenvalue weighted by Gasteiger charge is 2.22. The molecule has 1 N–H and O–H groups in total. The summed E-state index contributed by atoms with van der Waals surface area (Å²) in [5.74, 6) is 2.46. The number of carbonyl (C=O) groups is 1. The van der Waals surface area contributed by atoms with Crippen LogP contribution in [0.15, 0.2) is 47.4 Å². The van der Waals surface area contributed by atoms with Crippen molar-refractivity contribution in [3.63, 3.8) is 0 Å². The molecular formula is C24H27NO4S2. The Labute approximate surface area is 193 Å². The van der Waals surface area contributed by atoms with Crippen molar-refractivity contribution in [1.29, 1.82) is 0 Å². The zero-order valence-electron chi connectivity index (χ0n) is 18.0. The Hall–Kier alpha value is -2.51. The number of amides is 1. The maximum atomic E-state index is 11.9. The van der Waals surface area contributed by atoms with Crippen LogP contribution < -0.4 is 19.5 Å². The van der Waals surface area contributed by atoms with E-state index in [0.29, 0.717) is 46.5 Å². The summed E-state index contributed by atoms with van der Waals surface area (Å²) in [6, 6.07) is 13.8. The van der Waals surface area contributed by atoms with Gasteiger partial charge in [-0.3, -0.25) is 4.79 Å². The molecule has 1 heterocycles. The lowest BCUT2D eigenvalue weighted by molar-refractivity contribution is -0.115. The smallest absolute Gasteiger partial charge is 0.263 e. The number of thioether (sulfide) groups is 1. The van der Waals surface area contributed by atoms with Crippen molar-refractivity contribution in [2.45, 2.75) is 33.1 Å². The Morgan fingerprint density at radius 1 is 1.03 bits per heavy atom. The summed E-state index contributed by atoms with van der Waals surface area (Å²) < 4.78 is 17.9. The number of hydrogen-bond acceptors (Lipinski definition) is 6. The van der Waals surface area contributed by atoms with Crippen LogP contribution in [0, 0.1) is 0 Å². The van der Waals surface area contributed by atoms with Crippen LogP contribution in [0.2, 0.25) is 0 Å². The van der Waals surface area contributed by atoms with Gasteiger partial charge in [0.05, 0.1) is 11.5 Å². The van der Waals surface area contributed by atoms with Crippen LogP contribution >= 0.6 is 24.0 Å². The third kappa shape index (κ3) is 6.48. The molecule has 0 saturated carbocycles. The molecular weight excluding hydrogens is 430 g/mol. The van der Waals surface area contributed by atoms with Gasteiger partial charge >= 0.3 is 0 Å². The number of carbonyl (C=O) groups excluding carboxylic acids is 1. The molecule has 164 valence electrons. The first-order valence-electron chi connectivity index (χ1n) is 10.4. The van der Waals surface area contributed by atoms with Crippen molar-refractivity contribution in [2.75, 3.05) is 19.8 Å². The Bertz CT molecular complexity index is 957. The minimum atomic E-state index is -0.178. The van der Waals surface area contributed by atoms with Gasteiger partial charge in [0.15, 0.2) is 11.5 Å². The first-order chi connectivity index (χ1) is 15.0. The van der Waals surface area contributed by atoms with Crippen LogP contribution in [0.4, 0.5) is 0 Å². The summed E-state index contributed by atoms with van der Waals surface area (Å²) in [7, 11) is 0. The predicted molar refractivity (Wildman–Crippen MR) is 130 cm³/mol. The average Bonchev–Trinajstić information content (AvgIpc) is 3.09. The highest BCUT2D eigenvalue weighted by molar-refractivity contribution is 8.26. The fourth-order valence-electron chi connectivity index (χ4n) is 3.01. The first-order valence-corrected chi connectivity index (χ1v) is 11.6. The highest BCUT2D eigenvalue weighted by atomic mass is 32.2. The largest absolute Gasteiger partial charge is 0.490 e. The van der Waals surface area contributed by atoms with Gasteiger partial charge in [0.2, 0.25) is 0 Å². The molecule has 0 spiro atoms. The molecule has 0 radical (unpaired) electrons. The van der Waals surface area contributed by atoms with Crippen LogP contribution in [0.1, 0.15) is 44.2 Å². The second-order valence-corrected chi connectivity index (χ2v) is 8.79. The normalized spacial score (nSPS) is 15.6. The van der Waals surface area contributed by atoms with Crippen molar-refractivity contribution < 1.29 is 19.0 Å². The maximum absolute atomic E-state index is 11.9. The quantitative estimate of drug-likeness (QED) is 0.287. The molecule has 2 aromatic rings. The van der Waals surface area contributed by atoms with E-state index >= 15 is 0 Å². The van der Waals surface area contributed by atoms with Gasteiger partial charge in [-0.15, -0.1) is 0 Å². The fraction of sp³-hybridized carbons (Fsp3) is 0.333. The number of thiocarbonyl (C=S) groups is 1. The predicted octanol–water partition coefficient (Wildman–Crippen LogP) is 5.55. The van der Waals surface area contributed by atoms with Gasteiger partial charge in [-0.1, -0.05) is 56.0 Å². The number of ether oxygens (including phenoxy) is 3. The second kappa shape index (κ2) is 11.2. The van der Waals surface area contributed by atoms with Gasteiger partial charge in [-0.25, -0.2) is 0 Å². The number of rotatable bonds is 10. The molecule has 1 amide bonds. The third-order valence-corrected chi connectivity index (χ3v) is 6.04. The lowest BCUT2D eigenvalue weighted by Crippen LogP contribution is -2.17. The van der Waals surface area contributed by atoms with Crippen LogP contribution in [0.25, 0.3) is 6.08 Å². The summed E-state index contributed by atoms with van der Waals surface area (Å²) in [6.07, 6.45) is 2.91. The fourth-order valence-corrected chi connectivity index (χ4v) is 4.06. The molecule has 1 aliphatic heterocycles. The van der Waals surface area contributed by atoms with E-state index in [1.807, 2.05) is 37.3 Å². The molecule has 0 bridgehead atoms. The molecule has 2 aromatic carbocycles. The van der Waals surface area contributed by atoms with Crippen molar-refractivity contribution >= 4 is 40.3 Å². The minimum Gasteiger partial charge on any atom is -0.490 e. The minimum absolute atomic E-state index is 0.178. The standard InChI is InChI=1S/C24H27NO4S2/c1-4-16(3)18-7-9-19(10-8-18)28-12-13-29-20-11-6-17(14-21(20)27-5-2)15-22-23(26)25-24(30)31-22/h6-11,14-16H,4-5,12-13H2,1-3H3,(H,25,26,30)/b22-15-/t16-/m0/s1. The van der Waals surface area contributed by atoms with Crippen LogP contribution in [-0.2, 0) is 4.79 Å². The number of hydrogen-bond donors (Lipinski definition) is 1. The lowest BCUT2D eigenvalue weighted by Gasteiger charge is -2.14. The van der Waals surface area contributed by atoms with Gasteiger partial charge in [0.1, 0.15) is 23.3 Å². The summed E-state index contributed by atoms with van der Waals surface area (Å²) >= 11 is 6.28. The van der Waals surface area contributed by atoms with E-state index in [4.69, 9.17) is 26.4 Å². The Balaban J connectivity index is 1.57. The number of nitrogens with one attached hydrogen (secondary N) is 1. The molecule has 1 saturated heterocycles. The third-order valence-electron chi connectivity index (χ3n) is 4.88. The van der Waals surface area contributed by atoms with E-state index in [2.05, 4.69) is 31.3 Å². The number of benzene rings is 2. The Morgan fingerprint density at radius 2 is 1.77 bits per heavy atom. The molecule has 1 atom stereocenters. The molecule has 3 rings (SSSR count). The van der Waals surface area contributed by atoms with E-state index in [-0.39, 0.29) is 5.91 Å². The van der Waals surface area contributed by atoms with Crippen molar-refractivity contribution in [1.82, 2.24) is 5.32 Å². The van der Waals surface area contributed by atoms with E-state index < -0.39 is 0 Å². The zero-order valence-corrected chi connectivity index (χ0v) is 19.6. The molecule has 7 heteroatoms. The van der Waals surface area contributed by atoms with Gasteiger partial charge in [0.25, 0.3) is 5.91 Å². The molecule has 31 heavy (non-hydrogen) atoms. The summed E-state index contributed by atoms with van der Waals surface area (Å²) in [4.78, 5) is 12.4. The van der Waals surface area contributed by atoms with Gasteiger partial charge < -0.3 is 19.5 Å². The first kappa shape index (κ1) is 23.2. The molecule has 5 nitrogen and oxygen atoms in total. The Kier molecular flexibility index (Phi) is 8.37. The average molecular weight is 458 g/mol. The molecule has 1 aliphatic rings. The SMILES string of the molecule is CCOc1cc(/C=C2\SC(=S)NC2=O)ccc1OCCOc1ccc([C@@H](C)CC)cc1. The van der Waals surface area contributed by atoms with Gasteiger partial charge in [-0.05, 0) is 60.7 Å².